The van der Waals surface area contributed by atoms with Crippen molar-refractivity contribution in [3.8, 4) is 0 Å². The van der Waals surface area contributed by atoms with E-state index in [2.05, 4.69) is 15.0 Å². The monoisotopic (exact) mass is 272 g/mol. The highest BCUT2D eigenvalue weighted by atomic mass is 35.5. The molecule has 0 atom stereocenters. The van der Waals surface area contributed by atoms with E-state index in [-0.39, 0.29) is 22.3 Å². The number of hydrogen-bond donors (Lipinski definition) is 0. The van der Waals surface area contributed by atoms with Gasteiger partial charge in [-0.3, -0.25) is 0 Å². The summed E-state index contributed by atoms with van der Waals surface area (Å²) in [5.74, 6) is -0.206. The predicted octanol–water partition coefficient (Wildman–Crippen LogP) is 3.09. The molecule has 0 saturated heterocycles. The van der Waals surface area contributed by atoms with Crippen LogP contribution in [0.3, 0.4) is 0 Å². The van der Waals surface area contributed by atoms with Crippen molar-refractivity contribution in [1.29, 1.82) is 0 Å². The van der Waals surface area contributed by atoms with E-state index in [1.807, 2.05) is 0 Å². The van der Waals surface area contributed by atoms with E-state index in [4.69, 9.17) is 23.2 Å². The largest absolute Gasteiger partial charge is 0.311 e. The summed E-state index contributed by atoms with van der Waals surface area (Å²) in [6.07, 6.45) is 0. The van der Waals surface area contributed by atoms with Gasteiger partial charge in [-0.2, -0.15) is 15.0 Å². The lowest BCUT2D eigenvalue weighted by Crippen LogP contribution is -2.15. The average Bonchev–Trinajstić information content (AvgIpc) is 2.27. The van der Waals surface area contributed by atoms with E-state index in [0.717, 1.165) is 0 Å². The molecule has 0 saturated carbocycles. The van der Waals surface area contributed by atoms with E-state index in [1.165, 1.54) is 11.0 Å². The molecular formula is C10H7Cl2FN4. The van der Waals surface area contributed by atoms with Gasteiger partial charge in [0.2, 0.25) is 16.5 Å². The molecule has 0 spiro atoms. The van der Waals surface area contributed by atoms with Gasteiger partial charge in [0.05, 0.1) is 5.69 Å². The lowest BCUT2D eigenvalue weighted by Gasteiger charge is -2.17. The fourth-order valence-corrected chi connectivity index (χ4v) is 1.65. The summed E-state index contributed by atoms with van der Waals surface area (Å²) < 4.78 is 13.5. The molecule has 0 bridgehead atoms. The molecule has 1 heterocycles. The summed E-state index contributed by atoms with van der Waals surface area (Å²) in [4.78, 5) is 12.8. The highest BCUT2D eigenvalue weighted by Gasteiger charge is 2.13. The Bertz CT molecular complexity index is 529. The van der Waals surface area contributed by atoms with Crippen molar-refractivity contribution >= 4 is 34.8 Å². The molecule has 4 nitrogen and oxygen atoms in total. The summed E-state index contributed by atoms with van der Waals surface area (Å²) >= 11 is 11.3. The van der Waals surface area contributed by atoms with Gasteiger partial charge in [-0.25, -0.2) is 4.39 Å². The third kappa shape index (κ3) is 2.62. The molecule has 0 fully saturated rings. The van der Waals surface area contributed by atoms with E-state index in [1.54, 1.807) is 25.2 Å². The minimum Gasteiger partial charge on any atom is -0.311 e. The third-order valence-electron chi connectivity index (χ3n) is 2.08. The number of para-hydroxylation sites is 1. The van der Waals surface area contributed by atoms with Crippen molar-refractivity contribution in [3.63, 3.8) is 0 Å². The lowest BCUT2D eigenvalue weighted by atomic mass is 10.3. The Labute approximate surface area is 107 Å². The van der Waals surface area contributed by atoms with Crippen LogP contribution in [-0.2, 0) is 0 Å². The molecule has 0 radical (unpaired) electrons. The maximum atomic E-state index is 13.5. The van der Waals surface area contributed by atoms with Crippen LogP contribution < -0.4 is 4.90 Å². The van der Waals surface area contributed by atoms with E-state index in [9.17, 15) is 4.39 Å². The Kier molecular flexibility index (Phi) is 3.40. The van der Waals surface area contributed by atoms with Gasteiger partial charge < -0.3 is 4.90 Å². The smallest absolute Gasteiger partial charge is 0.235 e. The predicted molar refractivity (Wildman–Crippen MR) is 64.3 cm³/mol. The summed E-state index contributed by atoms with van der Waals surface area (Å²) in [5.41, 5.74) is 0.325. The molecule has 0 amide bonds. The van der Waals surface area contributed by atoms with Crippen LogP contribution in [0, 0.1) is 5.82 Å². The summed E-state index contributed by atoms with van der Waals surface area (Å²) in [7, 11) is 1.61. The van der Waals surface area contributed by atoms with Gasteiger partial charge in [0.25, 0.3) is 0 Å². The van der Waals surface area contributed by atoms with Gasteiger partial charge in [0.15, 0.2) is 0 Å². The molecule has 1 aromatic carbocycles. The van der Waals surface area contributed by atoms with Crippen LogP contribution >= 0.6 is 23.2 Å². The van der Waals surface area contributed by atoms with Gasteiger partial charge in [-0.05, 0) is 35.3 Å². The Morgan fingerprint density at radius 1 is 1.06 bits per heavy atom. The van der Waals surface area contributed by atoms with Crippen molar-refractivity contribution in [3.05, 3.63) is 40.6 Å². The quantitative estimate of drug-likeness (QED) is 0.843. The fourth-order valence-electron chi connectivity index (χ4n) is 1.30. The Hall–Kier alpha value is -1.46. The van der Waals surface area contributed by atoms with Crippen LogP contribution in [0.2, 0.25) is 10.6 Å². The number of aromatic nitrogens is 3. The third-order valence-corrected chi connectivity index (χ3v) is 2.42. The van der Waals surface area contributed by atoms with Crippen LogP contribution in [0.25, 0.3) is 0 Å². The number of nitrogens with zero attached hydrogens (tertiary/aromatic N) is 4. The molecule has 0 aliphatic rings. The topological polar surface area (TPSA) is 41.9 Å². The van der Waals surface area contributed by atoms with E-state index < -0.39 is 0 Å². The molecule has 0 unspecified atom stereocenters. The minimum absolute atomic E-state index is 0.0387. The van der Waals surface area contributed by atoms with Crippen molar-refractivity contribution in [2.75, 3.05) is 11.9 Å². The molecule has 2 aromatic rings. The van der Waals surface area contributed by atoms with Gasteiger partial charge in [0, 0.05) is 7.05 Å². The highest BCUT2D eigenvalue weighted by molar-refractivity contribution is 6.31. The first-order valence-corrected chi connectivity index (χ1v) is 5.39. The zero-order valence-electron chi connectivity index (χ0n) is 8.73. The maximum absolute atomic E-state index is 13.5. The second kappa shape index (κ2) is 4.81. The second-order valence-electron chi connectivity index (χ2n) is 3.18. The zero-order chi connectivity index (χ0) is 12.4. The van der Waals surface area contributed by atoms with Gasteiger partial charge in [-0.15, -0.1) is 0 Å². The number of benzene rings is 1. The molecule has 0 N–H and O–H groups in total. The zero-order valence-corrected chi connectivity index (χ0v) is 10.2. The van der Waals surface area contributed by atoms with Crippen molar-refractivity contribution in [2.45, 2.75) is 0 Å². The summed E-state index contributed by atoms with van der Waals surface area (Å²) in [5, 5.41) is -0.0774. The molecule has 17 heavy (non-hydrogen) atoms. The fraction of sp³-hybridized carbons (Fsp3) is 0.100. The highest BCUT2D eigenvalue weighted by Crippen LogP contribution is 2.24. The number of hydrogen-bond acceptors (Lipinski definition) is 4. The normalized spacial score (nSPS) is 10.4. The van der Waals surface area contributed by atoms with E-state index in [0.29, 0.717) is 5.69 Å². The van der Waals surface area contributed by atoms with Crippen LogP contribution in [-0.4, -0.2) is 22.0 Å². The first-order valence-electron chi connectivity index (χ1n) is 4.63. The summed E-state index contributed by atoms with van der Waals surface area (Å²) in [6.45, 7) is 0. The van der Waals surface area contributed by atoms with Gasteiger partial charge in [0.1, 0.15) is 5.82 Å². The molecule has 7 heteroatoms. The van der Waals surface area contributed by atoms with Gasteiger partial charge in [-0.1, -0.05) is 12.1 Å². The van der Waals surface area contributed by atoms with E-state index >= 15 is 0 Å². The molecule has 1 aromatic heterocycles. The van der Waals surface area contributed by atoms with Crippen molar-refractivity contribution in [1.82, 2.24) is 15.0 Å². The molecular weight excluding hydrogens is 266 g/mol. The molecule has 2 rings (SSSR count). The Morgan fingerprint density at radius 3 is 2.24 bits per heavy atom. The number of anilines is 2. The SMILES string of the molecule is CN(c1nc(Cl)nc(Cl)n1)c1ccccc1F. The maximum Gasteiger partial charge on any atom is 0.235 e. The van der Waals surface area contributed by atoms with Crippen LogP contribution in [0.1, 0.15) is 0 Å². The number of halogens is 3. The number of rotatable bonds is 2. The van der Waals surface area contributed by atoms with Crippen molar-refractivity contribution in [2.24, 2.45) is 0 Å². The standard InChI is InChI=1S/C10H7Cl2FN4/c1-17(7-5-3-2-4-6(7)13)10-15-8(11)14-9(12)16-10/h2-5H,1H3. The van der Waals surface area contributed by atoms with Gasteiger partial charge >= 0.3 is 0 Å². The average molecular weight is 273 g/mol. The Balaban J connectivity index is 2.43. The Morgan fingerprint density at radius 2 is 1.65 bits per heavy atom. The first kappa shape index (κ1) is 12.0. The minimum atomic E-state index is -0.386. The van der Waals surface area contributed by atoms with Crippen LogP contribution in [0.15, 0.2) is 24.3 Å². The lowest BCUT2D eigenvalue weighted by molar-refractivity contribution is 0.626. The second-order valence-corrected chi connectivity index (χ2v) is 3.86. The van der Waals surface area contributed by atoms with Crippen LogP contribution in [0.5, 0.6) is 0 Å². The first-order chi connectivity index (χ1) is 8.08. The van der Waals surface area contributed by atoms with Crippen LogP contribution in [0.4, 0.5) is 16.0 Å². The summed E-state index contributed by atoms with van der Waals surface area (Å²) in [6, 6.07) is 6.25. The molecule has 0 aliphatic carbocycles. The van der Waals surface area contributed by atoms with Crippen molar-refractivity contribution < 1.29 is 4.39 Å². The molecule has 88 valence electrons. The molecule has 0 aliphatic heterocycles.